The Labute approximate surface area is 216 Å². The van der Waals surface area contributed by atoms with Gasteiger partial charge in [0.2, 0.25) is 5.91 Å². The average molecular weight is 525 g/mol. The molecule has 1 aromatic carbocycles. The van der Waals surface area contributed by atoms with Crippen LogP contribution in [0.5, 0.6) is 5.75 Å². The minimum Gasteiger partial charge on any atom is -0.491 e. The fourth-order valence-electron chi connectivity index (χ4n) is 3.68. The van der Waals surface area contributed by atoms with Gasteiger partial charge in [-0.3, -0.25) is 4.79 Å². The zero-order valence-electron chi connectivity index (χ0n) is 21.4. The predicted octanol–water partition coefficient (Wildman–Crippen LogP) is -0.249. The highest BCUT2D eigenvalue weighted by atomic mass is 16.5. The van der Waals surface area contributed by atoms with Crippen LogP contribution in [0.1, 0.15) is 38.7 Å². The summed E-state index contributed by atoms with van der Waals surface area (Å²) in [7, 11) is 0. The van der Waals surface area contributed by atoms with E-state index in [1.165, 1.54) is 0 Å². The van der Waals surface area contributed by atoms with E-state index in [1.807, 2.05) is 13.8 Å². The summed E-state index contributed by atoms with van der Waals surface area (Å²) in [5.74, 6) is -1.23. The van der Waals surface area contributed by atoms with Crippen LogP contribution in [0.2, 0.25) is 0 Å². The maximum atomic E-state index is 13.3. The van der Waals surface area contributed by atoms with Crippen LogP contribution in [0, 0.1) is 5.92 Å². The van der Waals surface area contributed by atoms with Gasteiger partial charge in [-0.25, -0.2) is 9.59 Å². The van der Waals surface area contributed by atoms with Crippen molar-refractivity contribution in [3.8, 4) is 5.75 Å². The van der Waals surface area contributed by atoms with Gasteiger partial charge in [-0.15, -0.1) is 0 Å². The number of ether oxygens (including phenoxy) is 2. The minimum atomic E-state index is -1.18. The summed E-state index contributed by atoms with van der Waals surface area (Å²) in [5, 5.41) is 37.7. The minimum absolute atomic E-state index is 0.0408. The first-order chi connectivity index (χ1) is 17.6. The summed E-state index contributed by atoms with van der Waals surface area (Å²) in [6.07, 6.45) is -0.818. The smallest absolute Gasteiger partial charge is 0.326 e. The Morgan fingerprint density at radius 2 is 1.78 bits per heavy atom. The highest BCUT2D eigenvalue weighted by Gasteiger charge is 2.28. The molecule has 0 fully saturated rings. The molecule has 12 heteroatoms. The Bertz CT molecular complexity index is 867. The van der Waals surface area contributed by atoms with E-state index < -0.39 is 48.2 Å². The largest absolute Gasteiger partial charge is 0.491 e. The normalized spacial score (nSPS) is 24.1. The fourth-order valence-corrected chi connectivity index (χ4v) is 3.68. The Balaban J connectivity index is 2.21. The molecule has 0 aliphatic carbocycles. The number of carboxylic acids is 1. The fraction of sp³-hybridized carbons (Fsp3) is 0.640. The number of unbranched alkanes of at least 4 members (excludes halogenated alkanes) is 1. The molecule has 2 aliphatic heterocycles. The summed E-state index contributed by atoms with van der Waals surface area (Å²) in [4.78, 5) is 37.6. The van der Waals surface area contributed by atoms with E-state index in [9.17, 15) is 29.7 Å². The Morgan fingerprint density at radius 3 is 2.41 bits per heavy atom. The van der Waals surface area contributed by atoms with Crippen molar-refractivity contribution < 1.29 is 39.2 Å². The van der Waals surface area contributed by atoms with Crippen molar-refractivity contribution in [2.24, 2.45) is 11.7 Å². The van der Waals surface area contributed by atoms with Gasteiger partial charge < -0.3 is 46.5 Å². The predicted molar refractivity (Wildman–Crippen MR) is 135 cm³/mol. The lowest BCUT2D eigenvalue weighted by Crippen LogP contribution is -2.56. The molecule has 37 heavy (non-hydrogen) atoms. The lowest BCUT2D eigenvalue weighted by Gasteiger charge is -2.27. The highest BCUT2D eigenvalue weighted by Crippen LogP contribution is 2.15. The molecule has 2 heterocycles. The van der Waals surface area contributed by atoms with E-state index >= 15 is 0 Å². The molecule has 0 radical (unpaired) electrons. The monoisotopic (exact) mass is 524 g/mol. The van der Waals surface area contributed by atoms with E-state index in [4.69, 9.17) is 15.2 Å². The molecule has 8 N–H and O–H groups in total. The molecule has 2 aliphatic rings. The molecule has 3 rings (SSSR count). The van der Waals surface area contributed by atoms with Gasteiger partial charge in [-0.2, -0.15) is 0 Å². The number of nitrogens with one attached hydrogen (secondary N) is 3. The van der Waals surface area contributed by atoms with Crippen molar-refractivity contribution in [1.29, 1.82) is 0 Å². The van der Waals surface area contributed by atoms with Gasteiger partial charge in [-0.05, 0) is 49.4 Å². The SMILES string of the molecule is CC(C)[C@H]1COCC(O)[C@@H](O)COc2ccc(cc2)C[C@@H](NC(=O)NC(CCCCN)C(=O)O)C(=O)N1. The molecule has 3 amide bonds. The van der Waals surface area contributed by atoms with Crippen molar-refractivity contribution >= 4 is 17.9 Å². The number of urea groups is 1. The van der Waals surface area contributed by atoms with Crippen LogP contribution < -0.4 is 26.4 Å². The van der Waals surface area contributed by atoms with E-state index in [-0.39, 0.29) is 38.6 Å². The number of amides is 3. The van der Waals surface area contributed by atoms with Crippen molar-refractivity contribution in [2.45, 2.75) is 69.9 Å². The van der Waals surface area contributed by atoms with Crippen LogP contribution in [-0.4, -0.2) is 89.9 Å². The van der Waals surface area contributed by atoms with Crippen LogP contribution >= 0.6 is 0 Å². The molecular formula is C25H40N4O8. The summed E-state index contributed by atoms with van der Waals surface area (Å²) in [5.41, 5.74) is 6.18. The van der Waals surface area contributed by atoms with Gasteiger partial charge in [0.05, 0.1) is 19.3 Å². The van der Waals surface area contributed by atoms with Crippen molar-refractivity contribution in [2.75, 3.05) is 26.4 Å². The first-order valence-corrected chi connectivity index (χ1v) is 12.6. The molecule has 208 valence electrons. The number of nitrogens with two attached hydrogens (primary N) is 1. The second kappa shape index (κ2) is 15.4. The van der Waals surface area contributed by atoms with Gasteiger partial charge in [-0.1, -0.05) is 26.0 Å². The second-order valence-electron chi connectivity index (χ2n) is 9.54. The van der Waals surface area contributed by atoms with E-state index in [0.717, 1.165) is 5.56 Å². The molecule has 0 spiro atoms. The van der Waals surface area contributed by atoms with Crippen molar-refractivity contribution in [1.82, 2.24) is 16.0 Å². The molecule has 5 atom stereocenters. The van der Waals surface area contributed by atoms with Crippen molar-refractivity contribution in [3.63, 3.8) is 0 Å². The first kappa shape index (κ1) is 30.3. The number of carbonyl (C=O) groups is 3. The number of aliphatic hydroxyl groups is 2. The van der Waals surface area contributed by atoms with Crippen LogP contribution in [0.4, 0.5) is 4.79 Å². The third-order valence-electron chi connectivity index (χ3n) is 6.12. The van der Waals surface area contributed by atoms with Gasteiger partial charge >= 0.3 is 12.0 Å². The Hall–Kier alpha value is -2.93. The van der Waals surface area contributed by atoms with Gasteiger partial charge in [0.1, 0.15) is 36.6 Å². The molecule has 2 bridgehead atoms. The number of hydrogen-bond donors (Lipinski definition) is 7. The zero-order valence-corrected chi connectivity index (χ0v) is 21.4. The number of fused-ring (bicyclic) bond motifs is 13. The van der Waals surface area contributed by atoms with E-state index in [0.29, 0.717) is 25.1 Å². The Kier molecular flexibility index (Phi) is 12.6. The van der Waals surface area contributed by atoms with E-state index in [2.05, 4.69) is 16.0 Å². The van der Waals surface area contributed by atoms with Gasteiger partial charge in [0.25, 0.3) is 0 Å². The highest BCUT2D eigenvalue weighted by molar-refractivity contribution is 5.89. The number of carbonyl (C=O) groups excluding carboxylic acids is 2. The van der Waals surface area contributed by atoms with Gasteiger partial charge in [0, 0.05) is 6.42 Å². The maximum Gasteiger partial charge on any atom is 0.326 e. The lowest BCUT2D eigenvalue weighted by atomic mass is 10.0. The third kappa shape index (κ3) is 10.5. The number of rotatable bonds is 8. The number of hydrogen-bond acceptors (Lipinski definition) is 8. The van der Waals surface area contributed by atoms with Crippen LogP contribution in [0.3, 0.4) is 0 Å². The molecular weight excluding hydrogens is 484 g/mol. The summed E-state index contributed by atoms with van der Waals surface area (Å²) in [6.45, 7) is 3.98. The van der Waals surface area contributed by atoms with Crippen LogP contribution in [-0.2, 0) is 20.7 Å². The Morgan fingerprint density at radius 1 is 1.11 bits per heavy atom. The molecule has 2 unspecified atom stereocenters. The number of carboxylic acid groups (broad SMARTS) is 1. The maximum absolute atomic E-state index is 13.3. The molecule has 12 nitrogen and oxygen atoms in total. The first-order valence-electron chi connectivity index (χ1n) is 12.6. The summed E-state index contributed by atoms with van der Waals surface area (Å²) in [6, 6.07) is 3.41. The quantitative estimate of drug-likeness (QED) is 0.225. The van der Waals surface area contributed by atoms with Crippen LogP contribution in [0.25, 0.3) is 0 Å². The second-order valence-corrected chi connectivity index (χ2v) is 9.54. The zero-order chi connectivity index (χ0) is 27.4. The number of benzene rings is 1. The third-order valence-corrected chi connectivity index (χ3v) is 6.12. The van der Waals surface area contributed by atoms with Crippen molar-refractivity contribution in [3.05, 3.63) is 29.8 Å². The lowest BCUT2D eigenvalue weighted by molar-refractivity contribution is -0.139. The standard InChI is InChI=1S/C25H40N4O8/c1-15(2)20-12-36-13-21(30)22(31)14-37-17-8-6-16(7-9-17)11-19(23(32)27-20)29-25(35)28-18(24(33)34)5-3-4-10-26/h6-9,15,18-22,30-31H,3-5,10-14,26H2,1-2H3,(H,27,32)(H,33,34)(H2,28,29,35)/t18?,19-,20-,21?,22+/m1/s1. The van der Waals surface area contributed by atoms with Gasteiger partial charge in [0.15, 0.2) is 0 Å². The summed E-state index contributed by atoms with van der Waals surface area (Å²) >= 11 is 0. The average Bonchev–Trinajstić information content (AvgIpc) is 2.85. The number of aliphatic carboxylic acids is 1. The van der Waals surface area contributed by atoms with Crippen LogP contribution in [0.15, 0.2) is 24.3 Å². The molecule has 0 aromatic heterocycles. The summed E-state index contributed by atoms with van der Waals surface area (Å²) < 4.78 is 11.1. The molecule has 0 saturated heterocycles. The topological polar surface area (TPSA) is 192 Å². The molecule has 1 aromatic rings. The number of aliphatic hydroxyl groups excluding tert-OH is 2. The van der Waals surface area contributed by atoms with E-state index in [1.54, 1.807) is 24.3 Å². The molecule has 0 saturated carbocycles.